The van der Waals surface area contributed by atoms with E-state index in [1.807, 2.05) is 19.2 Å². The van der Waals surface area contributed by atoms with Gasteiger partial charge in [0, 0.05) is 32.4 Å². The number of nitrogens with zero attached hydrogens (tertiary/aromatic N) is 4. The van der Waals surface area contributed by atoms with E-state index in [9.17, 15) is 9.59 Å². The van der Waals surface area contributed by atoms with Crippen LogP contribution in [0.15, 0.2) is 53.3 Å². The Balaban J connectivity index is 1.40. The smallest absolute Gasteiger partial charge is 0.291 e. The van der Waals surface area contributed by atoms with E-state index in [-0.39, 0.29) is 29.7 Å². The zero-order valence-electron chi connectivity index (χ0n) is 21.0. The Morgan fingerprint density at radius 2 is 1.89 bits per heavy atom. The molecule has 2 amide bonds. The number of aryl methyl sites for hydroxylation is 3. The third kappa shape index (κ3) is 5.65. The highest BCUT2D eigenvalue weighted by Crippen LogP contribution is 2.28. The summed E-state index contributed by atoms with van der Waals surface area (Å²) in [5, 5.41) is 13.7. The number of carbonyl (C=O) groups excluding carboxylic acids is 2. The number of furan rings is 1. The summed E-state index contributed by atoms with van der Waals surface area (Å²) < 4.78 is 14.8. The molecule has 0 aliphatic rings. The van der Waals surface area contributed by atoms with Crippen molar-refractivity contribution in [3.8, 4) is 5.75 Å². The standard InChI is InChI=1S/C26H30N6O4/c1-16(2)20-8-6-17(3)10-23(20)35-15-19-7-9-22(36-19)25(33)30-21-13-29-32(5)24(21)26(34)27-11-18-12-28-31(4)14-18/h6-10,12-14,16H,11,15H2,1-5H3,(H,27,34)(H,30,33). The van der Waals surface area contributed by atoms with E-state index >= 15 is 0 Å². The molecule has 3 heterocycles. The van der Waals surface area contributed by atoms with Crippen LogP contribution in [0.5, 0.6) is 5.75 Å². The average molecular weight is 491 g/mol. The monoisotopic (exact) mass is 490 g/mol. The summed E-state index contributed by atoms with van der Waals surface area (Å²) in [5.41, 5.74) is 3.57. The van der Waals surface area contributed by atoms with Gasteiger partial charge >= 0.3 is 0 Å². The van der Waals surface area contributed by atoms with Crippen molar-refractivity contribution in [2.24, 2.45) is 14.1 Å². The third-order valence-electron chi connectivity index (χ3n) is 5.66. The minimum atomic E-state index is -0.492. The summed E-state index contributed by atoms with van der Waals surface area (Å²) in [4.78, 5) is 25.6. The van der Waals surface area contributed by atoms with Gasteiger partial charge in [0.25, 0.3) is 11.8 Å². The lowest BCUT2D eigenvalue weighted by Crippen LogP contribution is -2.26. The van der Waals surface area contributed by atoms with Gasteiger partial charge in [-0.1, -0.05) is 26.0 Å². The summed E-state index contributed by atoms with van der Waals surface area (Å²) >= 11 is 0. The van der Waals surface area contributed by atoms with Gasteiger partial charge in [-0.25, -0.2) is 0 Å². The van der Waals surface area contributed by atoms with Gasteiger partial charge in [0.05, 0.1) is 18.1 Å². The number of amides is 2. The molecular formula is C26H30N6O4. The van der Waals surface area contributed by atoms with Crippen molar-refractivity contribution < 1.29 is 18.7 Å². The van der Waals surface area contributed by atoms with Crippen molar-refractivity contribution in [3.63, 3.8) is 0 Å². The topological polar surface area (TPSA) is 116 Å². The van der Waals surface area contributed by atoms with Crippen molar-refractivity contribution in [2.75, 3.05) is 5.32 Å². The first-order valence-electron chi connectivity index (χ1n) is 11.6. The first-order chi connectivity index (χ1) is 17.2. The Bertz CT molecular complexity index is 1380. The molecule has 0 aliphatic heterocycles. The zero-order chi connectivity index (χ0) is 25.8. The maximum atomic E-state index is 12.8. The molecule has 4 rings (SSSR count). The molecule has 4 aromatic rings. The molecular weight excluding hydrogens is 460 g/mol. The summed E-state index contributed by atoms with van der Waals surface area (Å²) in [7, 11) is 3.44. The first-order valence-corrected chi connectivity index (χ1v) is 11.6. The van der Waals surface area contributed by atoms with Crippen LogP contribution in [0, 0.1) is 6.92 Å². The van der Waals surface area contributed by atoms with Crippen molar-refractivity contribution in [2.45, 2.75) is 39.8 Å². The number of ether oxygens (including phenoxy) is 1. The highest BCUT2D eigenvalue weighted by atomic mass is 16.5. The molecule has 0 atom stereocenters. The van der Waals surface area contributed by atoms with Crippen LogP contribution in [0.25, 0.3) is 0 Å². The largest absolute Gasteiger partial charge is 0.485 e. The Hall–Kier alpha value is -4.34. The van der Waals surface area contributed by atoms with Gasteiger partial charge < -0.3 is 19.8 Å². The number of rotatable bonds is 9. The second-order valence-electron chi connectivity index (χ2n) is 8.94. The normalized spacial score (nSPS) is 11.1. The Morgan fingerprint density at radius 1 is 1.08 bits per heavy atom. The molecule has 0 saturated carbocycles. The Morgan fingerprint density at radius 3 is 2.61 bits per heavy atom. The van der Waals surface area contributed by atoms with Gasteiger partial charge in [-0.15, -0.1) is 0 Å². The molecule has 188 valence electrons. The van der Waals surface area contributed by atoms with Crippen molar-refractivity contribution >= 4 is 17.5 Å². The molecule has 10 nitrogen and oxygen atoms in total. The van der Waals surface area contributed by atoms with Crippen LogP contribution in [0.1, 0.15) is 63.3 Å². The number of hydrogen-bond donors (Lipinski definition) is 2. The van der Waals surface area contributed by atoms with Crippen molar-refractivity contribution in [3.05, 3.63) is 82.8 Å². The van der Waals surface area contributed by atoms with Crippen molar-refractivity contribution in [1.29, 1.82) is 0 Å². The number of carbonyl (C=O) groups is 2. The molecule has 36 heavy (non-hydrogen) atoms. The fourth-order valence-electron chi connectivity index (χ4n) is 3.78. The second kappa shape index (κ2) is 10.5. The Labute approximate surface area is 209 Å². The molecule has 0 unspecified atom stereocenters. The van der Waals surface area contributed by atoms with Crippen molar-refractivity contribution in [1.82, 2.24) is 24.9 Å². The third-order valence-corrected chi connectivity index (χ3v) is 5.66. The Kier molecular flexibility index (Phi) is 7.23. The maximum absolute atomic E-state index is 12.8. The van der Waals surface area contributed by atoms with Gasteiger partial charge in [0.15, 0.2) is 5.76 Å². The number of benzene rings is 1. The zero-order valence-corrected chi connectivity index (χ0v) is 21.0. The highest BCUT2D eigenvalue weighted by Gasteiger charge is 2.21. The van der Waals surface area contributed by atoms with Crippen LogP contribution in [-0.4, -0.2) is 31.4 Å². The predicted molar refractivity (Wildman–Crippen MR) is 134 cm³/mol. The van der Waals surface area contributed by atoms with E-state index in [1.165, 1.54) is 10.9 Å². The quantitative estimate of drug-likeness (QED) is 0.367. The summed E-state index contributed by atoms with van der Waals surface area (Å²) in [5.74, 6) is 0.860. The van der Waals surface area contributed by atoms with Crippen LogP contribution in [0.2, 0.25) is 0 Å². The summed E-state index contributed by atoms with van der Waals surface area (Å²) in [6, 6.07) is 9.39. The minimum absolute atomic E-state index is 0.104. The SMILES string of the molecule is Cc1ccc(C(C)C)c(OCc2ccc(C(=O)Nc3cnn(C)c3C(=O)NCc3cnn(C)c3)o2)c1. The molecule has 0 spiro atoms. The number of aromatic nitrogens is 4. The number of nitrogens with one attached hydrogen (secondary N) is 2. The molecule has 1 aromatic carbocycles. The van der Waals surface area contributed by atoms with E-state index in [2.05, 4.69) is 46.8 Å². The lowest BCUT2D eigenvalue weighted by atomic mass is 10.0. The predicted octanol–water partition coefficient (Wildman–Crippen LogP) is 3.94. The fourth-order valence-corrected chi connectivity index (χ4v) is 3.78. The van der Waals surface area contributed by atoms with E-state index in [1.54, 1.807) is 37.1 Å². The molecule has 0 saturated heterocycles. The van der Waals surface area contributed by atoms with Gasteiger partial charge in [0.2, 0.25) is 0 Å². The van der Waals surface area contributed by atoms with Crippen LogP contribution >= 0.6 is 0 Å². The van der Waals surface area contributed by atoms with E-state index in [4.69, 9.17) is 9.15 Å². The molecule has 10 heteroatoms. The minimum Gasteiger partial charge on any atom is -0.485 e. The second-order valence-corrected chi connectivity index (χ2v) is 8.94. The molecule has 0 fully saturated rings. The van der Waals surface area contributed by atoms with Crippen LogP contribution < -0.4 is 15.4 Å². The molecule has 3 aromatic heterocycles. The molecule has 0 radical (unpaired) electrons. The van der Waals surface area contributed by atoms with Crippen LogP contribution in [0.3, 0.4) is 0 Å². The molecule has 0 aliphatic carbocycles. The van der Waals surface area contributed by atoms with E-state index in [0.29, 0.717) is 18.2 Å². The average Bonchev–Trinajstić information content (AvgIpc) is 3.56. The van der Waals surface area contributed by atoms with Gasteiger partial charge in [-0.2, -0.15) is 10.2 Å². The lowest BCUT2D eigenvalue weighted by molar-refractivity contribution is 0.0942. The van der Waals surface area contributed by atoms with Gasteiger partial charge in [-0.3, -0.25) is 19.0 Å². The van der Waals surface area contributed by atoms with Gasteiger partial charge in [-0.05, 0) is 42.2 Å². The highest BCUT2D eigenvalue weighted by molar-refractivity contribution is 6.07. The van der Waals surface area contributed by atoms with Crippen LogP contribution in [-0.2, 0) is 27.2 Å². The first kappa shape index (κ1) is 24.8. The number of anilines is 1. The fraction of sp³-hybridized carbons (Fsp3) is 0.308. The van der Waals surface area contributed by atoms with Gasteiger partial charge in [0.1, 0.15) is 23.8 Å². The molecule has 2 N–H and O–H groups in total. The van der Waals surface area contributed by atoms with E-state index < -0.39 is 5.91 Å². The molecule has 0 bridgehead atoms. The lowest BCUT2D eigenvalue weighted by Gasteiger charge is -2.14. The maximum Gasteiger partial charge on any atom is 0.291 e. The number of hydrogen-bond acceptors (Lipinski definition) is 6. The summed E-state index contributed by atoms with van der Waals surface area (Å²) in [6.45, 7) is 6.72. The van der Waals surface area contributed by atoms with Crippen LogP contribution in [0.4, 0.5) is 5.69 Å². The van der Waals surface area contributed by atoms with E-state index in [0.717, 1.165) is 22.4 Å². The summed E-state index contributed by atoms with van der Waals surface area (Å²) in [6.07, 6.45) is 4.91.